The molecule has 2 aliphatic rings. The molecule has 0 fully saturated rings. The van der Waals surface area contributed by atoms with Crippen LogP contribution in [-0.2, 0) is 16.1 Å². The Balaban J connectivity index is 1.40. The number of nitrogens with zero attached hydrogens (tertiary/aromatic N) is 4. The molecule has 2 aromatic carbocycles. The Kier molecular flexibility index (Phi) is 6.52. The molecule has 32 heavy (non-hydrogen) atoms. The van der Waals surface area contributed by atoms with Gasteiger partial charge in [-0.1, -0.05) is 36.0 Å². The molecule has 0 radical (unpaired) electrons. The van der Waals surface area contributed by atoms with Crippen molar-refractivity contribution >= 4 is 40.3 Å². The number of fused-ring (bicyclic) bond motifs is 3. The van der Waals surface area contributed by atoms with E-state index in [1.54, 1.807) is 7.11 Å². The van der Waals surface area contributed by atoms with Gasteiger partial charge >= 0.3 is 0 Å². The van der Waals surface area contributed by atoms with E-state index in [1.807, 2.05) is 48.5 Å². The Morgan fingerprint density at radius 3 is 2.78 bits per heavy atom. The summed E-state index contributed by atoms with van der Waals surface area (Å²) in [4.78, 5) is 36.1. The van der Waals surface area contributed by atoms with Crippen molar-refractivity contribution in [2.75, 3.05) is 12.9 Å². The molecule has 2 aliphatic heterocycles. The highest BCUT2D eigenvalue weighted by atomic mass is 32.2. The minimum Gasteiger partial charge on any atom is -0.497 e. The number of hydrogen-bond acceptors (Lipinski definition) is 7. The van der Waals surface area contributed by atoms with Crippen LogP contribution in [0.2, 0.25) is 0 Å². The first-order valence-corrected chi connectivity index (χ1v) is 11.1. The topological polar surface area (TPSA) is 107 Å². The lowest BCUT2D eigenvalue weighted by molar-refractivity contribution is -0.125. The van der Waals surface area contributed by atoms with E-state index in [1.165, 1.54) is 16.7 Å². The van der Waals surface area contributed by atoms with E-state index in [0.717, 1.165) is 16.9 Å². The number of ether oxygens (including phenoxy) is 1. The molecular weight excluding hydrogens is 426 g/mol. The van der Waals surface area contributed by atoms with Crippen LogP contribution in [0.25, 0.3) is 0 Å². The minimum atomic E-state index is -0.657. The van der Waals surface area contributed by atoms with E-state index in [-0.39, 0.29) is 24.0 Å². The van der Waals surface area contributed by atoms with Gasteiger partial charge in [-0.25, -0.2) is 9.89 Å². The second-order valence-electron chi connectivity index (χ2n) is 7.16. The van der Waals surface area contributed by atoms with E-state index < -0.39 is 6.04 Å². The molecule has 0 aromatic heterocycles. The van der Waals surface area contributed by atoms with Crippen molar-refractivity contribution in [3.8, 4) is 11.8 Å². The monoisotopic (exact) mass is 447 g/mol. The fraction of sp³-hybridized carbons (Fsp3) is 0.261. The summed E-state index contributed by atoms with van der Waals surface area (Å²) in [5, 5.41) is 12.3. The summed E-state index contributed by atoms with van der Waals surface area (Å²) in [6, 6.07) is 16.3. The molecule has 0 bridgehead atoms. The van der Waals surface area contributed by atoms with Gasteiger partial charge < -0.3 is 10.1 Å². The van der Waals surface area contributed by atoms with Gasteiger partial charge in [0.25, 0.3) is 5.91 Å². The van der Waals surface area contributed by atoms with Crippen LogP contribution in [0.5, 0.6) is 5.75 Å². The van der Waals surface area contributed by atoms with Gasteiger partial charge in [0.1, 0.15) is 17.6 Å². The molecule has 1 unspecified atom stereocenters. The molecule has 2 aromatic rings. The summed E-state index contributed by atoms with van der Waals surface area (Å²) >= 11 is 1.20. The SMILES string of the molecule is COc1ccc(CNC(=O)CCC2N=C3c4ccccc4N=C(SCC#N)N3C2=O)cc1. The van der Waals surface area contributed by atoms with Crippen LogP contribution in [0.3, 0.4) is 0 Å². The van der Waals surface area contributed by atoms with Crippen molar-refractivity contribution in [2.24, 2.45) is 9.98 Å². The Morgan fingerprint density at radius 1 is 1.25 bits per heavy atom. The van der Waals surface area contributed by atoms with Gasteiger partial charge in [0, 0.05) is 18.5 Å². The fourth-order valence-electron chi connectivity index (χ4n) is 3.48. The maximum Gasteiger partial charge on any atom is 0.259 e. The van der Waals surface area contributed by atoms with Crippen molar-refractivity contribution in [3.05, 3.63) is 59.7 Å². The summed E-state index contributed by atoms with van der Waals surface area (Å²) in [6.45, 7) is 0.400. The first-order chi connectivity index (χ1) is 15.6. The first-order valence-electron chi connectivity index (χ1n) is 10.1. The summed E-state index contributed by atoms with van der Waals surface area (Å²) < 4.78 is 5.13. The van der Waals surface area contributed by atoms with Crippen LogP contribution in [0.15, 0.2) is 58.5 Å². The number of thioether (sulfide) groups is 1. The normalized spacial score (nSPS) is 16.4. The van der Waals surface area contributed by atoms with Crippen LogP contribution < -0.4 is 10.1 Å². The number of methoxy groups -OCH3 is 1. The number of hydrogen-bond donors (Lipinski definition) is 1. The van der Waals surface area contributed by atoms with Gasteiger partial charge in [0.15, 0.2) is 5.17 Å². The molecular formula is C23H21N5O3S. The molecule has 2 heterocycles. The Bertz CT molecular complexity index is 1140. The van der Waals surface area contributed by atoms with Crippen LogP contribution >= 0.6 is 11.8 Å². The lowest BCUT2D eigenvalue weighted by Gasteiger charge is -2.25. The molecule has 4 rings (SSSR count). The van der Waals surface area contributed by atoms with Crippen LogP contribution in [0, 0.1) is 11.3 Å². The predicted octanol–water partition coefficient (Wildman–Crippen LogP) is 3.01. The average Bonchev–Trinajstić information content (AvgIpc) is 3.16. The lowest BCUT2D eigenvalue weighted by atomic mass is 10.1. The first kappa shape index (κ1) is 21.6. The highest BCUT2D eigenvalue weighted by molar-refractivity contribution is 8.14. The van der Waals surface area contributed by atoms with Crippen LogP contribution in [0.4, 0.5) is 5.69 Å². The fourth-order valence-corrected chi connectivity index (χ4v) is 4.15. The average molecular weight is 448 g/mol. The molecule has 0 spiro atoms. The van der Waals surface area contributed by atoms with Crippen molar-refractivity contribution in [1.29, 1.82) is 5.26 Å². The minimum absolute atomic E-state index is 0.146. The molecule has 9 heteroatoms. The van der Waals surface area contributed by atoms with Gasteiger partial charge in [0.2, 0.25) is 5.91 Å². The van der Waals surface area contributed by atoms with Gasteiger partial charge in [-0.15, -0.1) is 0 Å². The number of amides is 2. The predicted molar refractivity (Wildman–Crippen MR) is 123 cm³/mol. The number of para-hydroxylation sites is 1. The Morgan fingerprint density at radius 2 is 2.03 bits per heavy atom. The maximum atomic E-state index is 13.1. The highest BCUT2D eigenvalue weighted by Crippen LogP contribution is 2.34. The molecule has 162 valence electrons. The molecule has 0 aliphatic carbocycles. The van der Waals surface area contributed by atoms with Crippen molar-refractivity contribution in [3.63, 3.8) is 0 Å². The molecule has 1 N–H and O–H groups in total. The molecule has 1 atom stereocenters. The van der Waals surface area contributed by atoms with Crippen molar-refractivity contribution in [2.45, 2.75) is 25.4 Å². The number of rotatable bonds is 7. The van der Waals surface area contributed by atoms with Crippen LogP contribution in [-0.4, -0.2) is 46.6 Å². The molecule has 0 saturated heterocycles. The standard InChI is InChI=1S/C23H21N5O3S/c1-31-16-8-6-15(7-9-16)14-25-20(29)11-10-19-22(30)28-21(26-19)17-4-2-3-5-18(17)27-23(28)32-13-12-24/h2-9,19H,10-11,13-14H2,1H3,(H,25,29). The smallest absolute Gasteiger partial charge is 0.259 e. The zero-order chi connectivity index (χ0) is 22.5. The number of carbonyl (C=O) groups is 2. The largest absolute Gasteiger partial charge is 0.497 e. The summed E-state index contributed by atoms with van der Waals surface area (Å²) in [5.74, 6) is 1.10. The third kappa shape index (κ3) is 4.50. The van der Waals surface area contributed by atoms with Crippen molar-refractivity contribution in [1.82, 2.24) is 10.2 Å². The number of amidine groups is 2. The quantitative estimate of drug-likeness (QED) is 0.702. The van der Waals surface area contributed by atoms with E-state index in [2.05, 4.69) is 21.4 Å². The van der Waals surface area contributed by atoms with Crippen LogP contribution in [0.1, 0.15) is 24.0 Å². The summed E-state index contributed by atoms with van der Waals surface area (Å²) in [5.41, 5.74) is 2.45. The molecule has 2 amide bonds. The van der Waals surface area contributed by atoms with Gasteiger partial charge in [-0.05, 0) is 36.2 Å². The Labute approximate surface area is 190 Å². The van der Waals surface area contributed by atoms with E-state index in [4.69, 9.17) is 10.00 Å². The third-order valence-corrected chi connectivity index (χ3v) is 5.91. The second-order valence-corrected chi connectivity index (χ2v) is 8.11. The number of nitrogens with one attached hydrogen (secondary N) is 1. The van der Waals surface area contributed by atoms with Gasteiger partial charge in [-0.2, -0.15) is 5.26 Å². The molecule has 0 saturated carbocycles. The van der Waals surface area contributed by atoms with Gasteiger partial charge in [-0.3, -0.25) is 14.6 Å². The lowest BCUT2D eigenvalue weighted by Crippen LogP contribution is -2.41. The third-order valence-electron chi connectivity index (χ3n) is 5.11. The maximum absolute atomic E-state index is 13.1. The number of benzene rings is 2. The molecule has 8 nitrogen and oxygen atoms in total. The summed E-state index contributed by atoms with van der Waals surface area (Å²) in [7, 11) is 1.60. The number of nitriles is 1. The number of aliphatic imine (C=N–C) groups is 2. The van der Waals surface area contributed by atoms with Gasteiger partial charge in [0.05, 0.1) is 24.6 Å². The van der Waals surface area contributed by atoms with E-state index in [9.17, 15) is 9.59 Å². The zero-order valence-electron chi connectivity index (χ0n) is 17.4. The second kappa shape index (κ2) is 9.66. The number of carbonyl (C=O) groups excluding carboxylic acids is 2. The highest BCUT2D eigenvalue weighted by Gasteiger charge is 2.41. The van der Waals surface area contributed by atoms with Crippen molar-refractivity contribution < 1.29 is 14.3 Å². The summed E-state index contributed by atoms with van der Waals surface area (Å²) in [6.07, 6.45) is 0.474. The Hall–Kier alpha value is -3.64. The zero-order valence-corrected chi connectivity index (χ0v) is 18.3. The van der Waals surface area contributed by atoms with E-state index in [0.29, 0.717) is 29.7 Å². The van der Waals surface area contributed by atoms with E-state index >= 15 is 0 Å².